The zero-order valence-corrected chi connectivity index (χ0v) is 18.9. The number of piperidine rings is 1. The number of carbonyl (C=O) groups is 1. The lowest BCUT2D eigenvalue weighted by molar-refractivity contribution is 0.146. The summed E-state index contributed by atoms with van der Waals surface area (Å²) in [6, 6.07) is 13.9. The first-order valence-electron chi connectivity index (χ1n) is 11.3. The third-order valence-corrected chi connectivity index (χ3v) is 6.00. The van der Waals surface area contributed by atoms with Crippen LogP contribution in [0.1, 0.15) is 26.2 Å². The lowest BCUT2D eigenvalue weighted by atomic mass is 10.1. The average molecular weight is 437 g/mol. The van der Waals surface area contributed by atoms with Crippen LogP contribution in [0.2, 0.25) is 0 Å². The Morgan fingerprint density at radius 1 is 1.06 bits per heavy atom. The van der Waals surface area contributed by atoms with Crippen LogP contribution in [0, 0.1) is 0 Å². The first kappa shape index (κ1) is 22.0. The fraction of sp³-hybridized carbons (Fsp3) is 0.400. The van der Waals surface area contributed by atoms with E-state index in [1.165, 1.54) is 6.42 Å². The molecule has 1 aliphatic heterocycles. The second-order valence-electron chi connectivity index (χ2n) is 8.08. The van der Waals surface area contributed by atoms with E-state index < -0.39 is 0 Å². The number of fused-ring (bicyclic) bond motifs is 1. The fourth-order valence-corrected chi connectivity index (χ4v) is 4.34. The highest BCUT2D eigenvalue weighted by Crippen LogP contribution is 2.38. The van der Waals surface area contributed by atoms with Crippen LogP contribution in [0.15, 0.2) is 42.5 Å². The number of ether oxygens (including phenoxy) is 2. The van der Waals surface area contributed by atoms with Gasteiger partial charge in [0.15, 0.2) is 0 Å². The lowest BCUT2D eigenvalue weighted by Crippen LogP contribution is -2.38. The summed E-state index contributed by atoms with van der Waals surface area (Å²) in [5, 5.41) is 4.02. The van der Waals surface area contributed by atoms with Crippen LogP contribution in [0.4, 0.5) is 16.2 Å². The molecule has 3 aromatic rings. The molecule has 2 heterocycles. The van der Waals surface area contributed by atoms with E-state index in [0.717, 1.165) is 71.8 Å². The van der Waals surface area contributed by atoms with Crippen LogP contribution in [-0.4, -0.2) is 48.9 Å². The molecule has 1 fully saturated rings. The summed E-state index contributed by atoms with van der Waals surface area (Å²) in [6.45, 7) is 5.58. The van der Waals surface area contributed by atoms with Crippen molar-refractivity contribution in [3.05, 3.63) is 42.5 Å². The van der Waals surface area contributed by atoms with Crippen molar-refractivity contribution in [3.8, 4) is 17.0 Å². The Kier molecular flexibility index (Phi) is 6.85. The number of nitrogen functional groups attached to an aromatic ring is 1. The standard InChI is InChI=1S/C25H32N4O3/c1-3-29-22-17-20(32-16-15-31-2)11-12-21(22)23(26)24(29)18-7-9-19(10-8-18)27-25(30)28-13-5-4-6-14-28/h7-12,17H,3-6,13-16,26H2,1-2H3,(H,27,30). The zero-order valence-electron chi connectivity index (χ0n) is 18.9. The molecule has 2 amide bonds. The second-order valence-corrected chi connectivity index (χ2v) is 8.08. The van der Waals surface area contributed by atoms with E-state index in [-0.39, 0.29) is 6.03 Å². The highest BCUT2D eigenvalue weighted by atomic mass is 16.5. The van der Waals surface area contributed by atoms with Crippen molar-refractivity contribution in [2.75, 3.05) is 44.5 Å². The summed E-state index contributed by atoms with van der Waals surface area (Å²) in [7, 11) is 1.66. The Balaban J connectivity index is 1.58. The number of hydrogen-bond donors (Lipinski definition) is 2. The van der Waals surface area contributed by atoms with Crippen LogP contribution >= 0.6 is 0 Å². The number of anilines is 2. The lowest BCUT2D eigenvalue weighted by Gasteiger charge is -2.26. The minimum Gasteiger partial charge on any atom is -0.491 e. The number of nitrogens with zero attached hydrogens (tertiary/aromatic N) is 2. The predicted octanol–water partition coefficient (Wildman–Crippen LogP) is 4.95. The molecule has 1 aliphatic rings. The molecule has 0 radical (unpaired) electrons. The summed E-state index contributed by atoms with van der Waals surface area (Å²) in [6.07, 6.45) is 3.35. The van der Waals surface area contributed by atoms with Gasteiger partial charge in [-0.25, -0.2) is 4.79 Å². The van der Waals surface area contributed by atoms with Crippen molar-refractivity contribution in [1.82, 2.24) is 9.47 Å². The van der Waals surface area contributed by atoms with E-state index in [9.17, 15) is 4.79 Å². The van der Waals surface area contributed by atoms with E-state index in [1.54, 1.807) is 7.11 Å². The molecule has 0 saturated carbocycles. The van der Waals surface area contributed by atoms with Crippen LogP contribution in [0.25, 0.3) is 22.2 Å². The van der Waals surface area contributed by atoms with Gasteiger partial charge in [0.1, 0.15) is 12.4 Å². The minimum atomic E-state index is -0.0272. The van der Waals surface area contributed by atoms with Crippen molar-refractivity contribution in [3.63, 3.8) is 0 Å². The number of likely N-dealkylation sites (tertiary alicyclic amines) is 1. The first-order chi connectivity index (χ1) is 15.6. The van der Waals surface area contributed by atoms with Crippen molar-refractivity contribution >= 4 is 28.3 Å². The van der Waals surface area contributed by atoms with E-state index in [1.807, 2.05) is 47.4 Å². The fourth-order valence-electron chi connectivity index (χ4n) is 4.34. The quantitative estimate of drug-likeness (QED) is 0.513. The average Bonchev–Trinajstić information content (AvgIpc) is 3.11. The highest BCUT2D eigenvalue weighted by molar-refractivity contribution is 6.01. The second kappa shape index (κ2) is 9.96. The van der Waals surface area contributed by atoms with E-state index >= 15 is 0 Å². The van der Waals surface area contributed by atoms with Gasteiger partial charge in [-0.2, -0.15) is 0 Å². The Morgan fingerprint density at radius 3 is 2.50 bits per heavy atom. The van der Waals surface area contributed by atoms with Gasteiger partial charge in [0.2, 0.25) is 0 Å². The molecule has 0 spiro atoms. The van der Waals surface area contributed by atoms with Gasteiger partial charge in [0.25, 0.3) is 0 Å². The maximum atomic E-state index is 12.5. The molecule has 2 aromatic carbocycles. The SMILES string of the molecule is CCn1c(-c2ccc(NC(=O)N3CCCCC3)cc2)c(N)c2ccc(OCCOC)cc21. The number of aryl methyl sites for hydroxylation is 1. The van der Waals surface area contributed by atoms with Gasteiger partial charge in [-0.05, 0) is 50.5 Å². The predicted molar refractivity (Wildman–Crippen MR) is 129 cm³/mol. The number of nitrogens with one attached hydrogen (secondary N) is 1. The van der Waals surface area contributed by atoms with Crippen molar-refractivity contribution in [2.24, 2.45) is 0 Å². The third kappa shape index (κ3) is 4.53. The topological polar surface area (TPSA) is 81.8 Å². The van der Waals surface area contributed by atoms with Gasteiger partial charge in [-0.1, -0.05) is 12.1 Å². The Bertz CT molecular complexity index is 1070. The molecule has 32 heavy (non-hydrogen) atoms. The number of nitrogens with two attached hydrogens (primary N) is 1. The van der Waals surface area contributed by atoms with E-state index in [0.29, 0.717) is 13.2 Å². The summed E-state index contributed by atoms with van der Waals surface area (Å²) in [5.74, 6) is 0.795. The maximum Gasteiger partial charge on any atom is 0.321 e. The number of amides is 2. The van der Waals surface area contributed by atoms with Gasteiger partial charge in [0, 0.05) is 49.4 Å². The van der Waals surface area contributed by atoms with E-state index in [2.05, 4.69) is 16.8 Å². The molecular weight excluding hydrogens is 404 g/mol. The monoisotopic (exact) mass is 436 g/mol. The Hall–Kier alpha value is -3.19. The molecule has 0 aliphatic carbocycles. The summed E-state index contributed by atoms with van der Waals surface area (Å²) in [4.78, 5) is 14.4. The van der Waals surface area contributed by atoms with Gasteiger partial charge in [-0.15, -0.1) is 0 Å². The molecule has 4 rings (SSSR count). The molecule has 7 heteroatoms. The zero-order chi connectivity index (χ0) is 22.5. The first-order valence-corrected chi connectivity index (χ1v) is 11.3. The highest BCUT2D eigenvalue weighted by Gasteiger charge is 2.18. The van der Waals surface area contributed by atoms with Gasteiger partial charge < -0.3 is 30.0 Å². The number of carbonyl (C=O) groups excluding carboxylic acids is 1. The molecule has 1 aromatic heterocycles. The summed E-state index contributed by atoms with van der Waals surface area (Å²) in [5.41, 5.74) is 11.1. The molecule has 0 unspecified atom stereocenters. The number of aromatic nitrogens is 1. The van der Waals surface area contributed by atoms with Crippen molar-refractivity contribution in [1.29, 1.82) is 0 Å². The molecular formula is C25H32N4O3. The van der Waals surface area contributed by atoms with Crippen LogP contribution in [0.3, 0.4) is 0 Å². The van der Waals surface area contributed by atoms with Crippen LogP contribution < -0.4 is 15.8 Å². The molecule has 7 nitrogen and oxygen atoms in total. The molecule has 0 atom stereocenters. The summed E-state index contributed by atoms with van der Waals surface area (Å²) >= 11 is 0. The Labute approximate surface area is 189 Å². The maximum absolute atomic E-state index is 12.5. The van der Waals surface area contributed by atoms with Crippen molar-refractivity contribution < 1.29 is 14.3 Å². The number of methoxy groups -OCH3 is 1. The van der Waals surface area contributed by atoms with Gasteiger partial charge in [-0.3, -0.25) is 0 Å². The van der Waals surface area contributed by atoms with Crippen LogP contribution in [0.5, 0.6) is 5.75 Å². The largest absolute Gasteiger partial charge is 0.491 e. The molecule has 170 valence electrons. The number of rotatable bonds is 7. The van der Waals surface area contributed by atoms with Gasteiger partial charge >= 0.3 is 6.03 Å². The molecule has 1 saturated heterocycles. The molecule has 0 bridgehead atoms. The minimum absolute atomic E-state index is 0.0272. The third-order valence-electron chi connectivity index (χ3n) is 6.00. The summed E-state index contributed by atoms with van der Waals surface area (Å²) < 4.78 is 13.1. The smallest absolute Gasteiger partial charge is 0.321 e. The van der Waals surface area contributed by atoms with E-state index in [4.69, 9.17) is 15.2 Å². The normalized spacial score (nSPS) is 14.0. The van der Waals surface area contributed by atoms with Crippen molar-refractivity contribution in [2.45, 2.75) is 32.7 Å². The number of benzene rings is 2. The Morgan fingerprint density at radius 2 is 1.81 bits per heavy atom. The van der Waals surface area contributed by atoms with Gasteiger partial charge in [0.05, 0.1) is 23.5 Å². The molecule has 3 N–H and O–H groups in total. The number of urea groups is 1. The van der Waals surface area contributed by atoms with Crippen LogP contribution in [-0.2, 0) is 11.3 Å². The number of hydrogen-bond acceptors (Lipinski definition) is 4.